The van der Waals surface area contributed by atoms with Gasteiger partial charge in [-0.2, -0.15) is 5.10 Å². The number of nitrogens with zero attached hydrogens (tertiary/aromatic N) is 5. The highest BCUT2D eigenvalue weighted by Gasteiger charge is 2.32. The number of carbonyl (C=O) groups excluding carboxylic acids is 1. The first-order chi connectivity index (χ1) is 11.6. The van der Waals surface area contributed by atoms with Crippen LogP contribution >= 0.6 is 0 Å². The second-order valence-electron chi connectivity index (χ2n) is 7.01. The first-order valence-electron chi connectivity index (χ1n) is 8.95. The van der Waals surface area contributed by atoms with Crippen molar-refractivity contribution in [1.82, 2.24) is 24.4 Å². The average molecular weight is 327 g/mol. The SMILES string of the molecule is Cc1nc2ccnn2c(C)c1CCC(=O)N1CCN(C2CC2)CC1. The van der Waals surface area contributed by atoms with Gasteiger partial charge < -0.3 is 4.90 Å². The zero-order chi connectivity index (χ0) is 16.7. The Balaban J connectivity index is 1.38. The summed E-state index contributed by atoms with van der Waals surface area (Å²) < 4.78 is 1.86. The lowest BCUT2D eigenvalue weighted by Gasteiger charge is -2.35. The molecule has 128 valence electrons. The maximum absolute atomic E-state index is 12.6. The smallest absolute Gasteiger partial charge is 0.222 e. The highest BCUT2D eigenvalue weighted by molar-refractivity contribution is 5.76. The number of hydrogen-bond acceptors (Lipinski definition) is 4. The van der Waals surface area contributed by atoms with Gasteiger partial charge in [0.25, 0.3) is 0 Å². The maximum atomic E-state index is 12.6. The Hall–Kier alpha value is -1.95. The van der Waals surface area contributed by atoms with E-state index in [0.717, 1.165) is 61.2 Å². The molecule has 2 aliphatic rings. The molecule has 2 aromatic heterocycles. The molecule has 24 heavy (non-hydrogen) atoms. The Morgan fingerprint density at radius 2 is 1.96 bits per heavy atom. The average Bonchev–Trinajstić information content (AvgIpc) is 3.33. The van der Waals surface area contributed by atoms with Crippen LogP contribution in [-0.4, -0.2) is 62.5 Å². The van der Waals surface area contributed by atoms with Gasteiger partial charge in [0.2, 0.25) is 5.91 Å². The van der Waals surface area contributed by atoms with E-state index >= 15 is 0 Å². The van der Waals surface area contributed by atoms with Gasteiger partial charge in [-0.25, -0.2) is 9.50 Å². The van der Waals surface area contributed by atoms with Crippen molar-refractivity contribution in [2.75, 3.05) is 26.2 Å². The van der Waals surface area contributed by atoms with Crippen molar-refractivity contribution >= 4 is 11.6 Å². The molecule has 0 spiro atoms. The van der Waals surface area contributed by atoms with Gasteiger partial charge in [0.05, 0.1) is 6.20 Å². The van der Waals surface area contributed by atoms with E-state index in [-0.39, 0.29) is 5.91 Å². The number of hydrogen-bond donors (Lipinski definition) is 0. The summed E-state index contributed by atoms with van der Waals surface area (Å²) in [5, 5.41) is 4.32. The molecule has 6 heteroatoms. The third-order valence-corrected chi connectivity index (χ3v) is 5.42. The van der Waals surface area contributed by atoms with Crippen LogP contribution in [0.2, 0.25) is 0 Å². The molecule has 0 aromatic carbocycles. The summed E-state index contributed by atoms with van der Waals surface area (Å²) in [6, 6.07) is 2.72. The van der Waals surface area contributed by atoms with Gasteiger partial charge >= 0.3 is 0 Å². The fourth-order valence-corrected chi connectivity index (χ4v) is 3.80. The standard InChI is InChI=1S/C18H25N5O/c1-13-16(14(2)23-17(20-13)7-8-19-23)5-6-18(24)22-11-9-21(10-12-22)15-3-4-15/h7-8,15H,3-6,9-12H2,1-2H3. The number of aromatic nitrogens is 3. The van der Waals surface area contributed by atoms with Crippen molar-refractivity contribution in [2.45, 2.75) is 45.6 Å². The third-order valence-electron chi connectivity index (χ3n) is 5.42. The Morgan fingerprint density at radius 1 is 1.21 bits per heavy atom. The molecule has 2 aromatic rings. The minimum absolute atomic E-state index is 0.268. The Bertz CT molecular complexity index is 756. The van der Waals surface area contributed by atoms with E-state index in [1.165, 1.54) is 12.8 Å². The van der Waals surface area contributed by atoms with Crippen molar-refractivity contribution in [3.8, 4) is 0 Å². The van der Waals surface area contributed by atoms with Crippen LogP contribution in [0.15, 0.2) is 12.3 Å². The van der Waals surface area contributed by atoms with Gasteiger partial charge in [-0.15, -0.1) is 0 Å². The van der Waals surface area contributed by atoms with Gasteiger partial charge in [0, 0.05) is 56.1 Å². The Morgan fingerprint density at radius 3 is 2.67 bits per heavy atom. The second kappa shape index (κ2) is 6.16. The molecule has 1 saturated carbocycles. The molecular weight excluding hydrogens is 302 g/mol. The Kier molecular flexibility index (Phi) is 4.00. The van der Waals surface area contributed by atoms with E-state index in [1.54, 1.807) is 6.20 Å². The third kappa shape index (κ3) is 2.90. The zero-order valence-corrected chi connectivity index (χ0v) is 14.5. The van der Waals surface area contributed by atoms with E-state index in [9.17, 15) is 4.79 Å². The summed E-state index contributed by atoms with van der Waals surface area (Å²) >= 11 is 0. The fourth-order valence-electron chi connectivity index (χ4n) is 3.80. The lowest BCUT2D eigenvalue weighted by atomic mass is 10.1. The number of aryl methyl sites for hydroxylation is 2. The van der Waals surface area contributed by atoms with E-state index in [1.807, 2.05) is 22.4 Å². The van der Waals surface area contributed by atoms with Crippen molar-refractivity contribution in [3.63, 3.8) is 0 Å². The summed E-state index contributed by atoms with van der Waals surface area (Å²) in [5.41, 5.74) is 4.12. The molecule has 1 aliphatic carbocycles. The predicted octanol–water partition coefficient (Wildman–Crippen LogP) is 1.59. The van der Waals surface area contributed by atoms with E-state index in [2.05, 4.69) is 21.9 Å². The minimum Gasteiger partial charge on any atom is -0.340 e. The molecule has 1 aliphatic heterocycles. The van der Waals surface area contributed by atoms with Gasteiger partial charge in [-0.1, -0.05) is 0 Å². The van der Waals surface area contributed by atoms with Crippen LogP contribution < -0.4 is 0 Å². The molecule has 0 radical (unpaired) electrons. The maximum Gasteiger partial charge on any atom is 0.222 e. The Labute approximate surface area is 142 Å². The van der Waals surface area contributed by atoms with Gasteiger partial charge in [-0.3, -0.25) is 9.69 Å². The van der Waals surface area contributed by atoms with Crippen LogP contribution in [0, 0.1) is 13.8 Å². The van der Waals surface area contributed by atoms with Crippen molar-refractivity contribution in [1.29, 1.82) is 0 Å². The van der Waals surface area contributed by atoms with Crippen molar-refractivity contribution < 1.29 is 4.79 Å². The molecule has 2 fully saturated rings. The minimum atomic E-state index is 0.268. The van der Waals surface area contributed by atoms with E-state index < -0.39 is 0 Å². The lowest BCUT2D eigenvalue weighted by molar-refractivity contribution is -0.133. The fraction of sp³-hybridized carbons (Fsp3) is 0.611. The first kappa shape index (κ1) is 15.6. The second-order valence-corrected chi connectivity index (χ2v) is 7.01. The van der Waals surface area contributed by atoms with Gasteiger partial charge in [0.15, 0.2) is 5.65 Å². The molecule has 1 amide bonds. The predicted molar refractivity (Wildman–Crippen MR) is 92.0 cm³/mol. The lowest BCUT2D eigenvalue weighted by Crippen LogP contribution is -2.49. The van der Waals surface area contributed by atoms with Crippen LogP contribution in [0.5, 0.6) is 0 Å². The van der Waals surface area contributed by atoms with Crippen LogP contribution in [0.1, 0.15) is 36.2 Å². The topological polar surface area (TPSA) is 53.7 Å². The summed E-state index contributed by atoms with van der Waals surface area (Å²) in [7, 11) is 0. The molecule has 0 N–H and O–H groups in total. The van der Waals surface area contributed by atoms with Crippen molar-refractivity contribution in [2.24, 2.45) is 0 Å². The first-order valence-corrected chi connectivity index (χ1v) is 8.95. The van der Waals surface area contributed by atoms with Crippen molar-refractivity contribution in [3.05, 3.63) is 29.2 Å². The summed E-state index contributed by atoms with van der Waals surface area (Å²) in [5.74, 6) is 0.268. The normalized spacial score (nSPS) is 19.2. The summed E-state index contributed by atoms with van der Waals surface area (Å²) in [6.45, 7) is 7.91. The number of carbonyl (C=O) groups is 1. The van der Waals surface area contributed by atoms with Crippen LogP contribution in [-0.2, 0) is 11.2 Å². The molecule has 0 atom stereocenters. The quantitative estimate of drug-likeness (QED) is 0.856. The van der Waals surface area contributed by atoms with E-state index in [0.29, 0.717) is 6.42 Å². The number of rotatable bonds is 4. The highest BCUT2D eigenvalue weighted by Crippen LogP contribution is 2.27. The van der Waals surface area contributed by atoms with Gasteiger partial charge in [0.1, 0.15) is 0 Å². The van der Waals surface area contributed by atoms with Gasteiger partial charge in [-0.05, 0) is 38.7 Å². The molecule has 3 heterocycles. The van der Waals surface area contributed by atoms with Crippen LogP contribution in [0.4, 0.5) is 0 Å². The molecule has 6 nitrogen and oxygen atoms in total. The molecular formula is C18H25N5O. The number of piperazine rings is 1. The number of fused-ring (bicyclic) bond motifs is 1. The zero-order valence-electron chi connectivity index (χ0n) is 14.5. The number of amides is 1. The van der Waals surface area contributed by atoms with E-state index in [4.69, 9.17) is 0 Å². The monoisotopic (exact) mass is 327 g/mol. The summed E-state index contributed by atoms with van der Waals surface area (Å²) in [6.07, 6.45) is 5.75. The van der Waals surface area contributed by atoms with Crippen LogP contribution in [0.3, 0.4) is 0 Å². The molecule has 0 bridgehead atoms. The largest absolute Gasteiger partial charge is 0.340 e. The molecule has 0 unspecified atom stereocenters. The molecule has 4 rings (SSSR count). The highest BCUT2D eigenvalue weighted by atomic mass is 16.2. The van der Waals surface area contributed by atoms with Crippen LogP contribution in [0.25, 0.3) is 5.65 Å². The molecule has 1 saturated heterocycles. The summed E-state index contributed by atoms with van der Waals surface area (Å²) in [4.78, 5) is 21.7.